The monoisotopic (exact) mass is 663 g/mol. The van der Waals surface area contributed by atoms with Gasteiger partial charge in [0.1, 0.15) is 12.1 Å². The number of hydrogen-bond acceptors (Lipinski definition) is 6. The van der Waals surface area contributed by atoms with Gasteiger partial charge in [0.15, 0.2) is 11.0 Å². The van der Waals surface area contributed by atoms with Crippen LogP contribution in [0, 0.1) is 12.8 Å². The molecule has 2 heterocycles. The molecule has 0 radical (unpaired) electrons. The Kier molecular flexibility index (Phi) is 10.8. The fraction of sp³-hybridized carbons (Fsp3) is 0.343. The van der Waals surface area contributed by atoms with E-state index in [0.29, 0.717) is 35.4 Å². The van der Waals surface area contributed by atoms with Gasteiger partial charge < -0.3 is 4.74 Å². The number of hydrogen-bond donors (Lipinski definition) is 0. The van der Waals surface area contributed by atoms with Gasteiger partial charge in [0.2, 0.25) is 11.8 Å². The molecule has 1 aliphatic rings. The molecule has 12 heteroatoms. The molecular weight excluding hydrogens is 627 g/mol. The lowest BCUT2D eigenvalue weighted by Gasteiger charge is -2.20. The Bertz CT molecular complexity index is 1740. The first-order valence-corrected chi connectivity index (χ1v) is 16.5. The minimum Gasteiger partial charge on any atom is -0.406 e. The van der Waals surface area contributed by atoms with E-state index in [1.807, 2.05) is 43.3 Å². The highest BCUT2D eigenvalue weighted by Gasteiger charge is 2.32. The number of benzene rings is 3. The van der Waals surface area contributed by atoms with Crippen LogP contribution in [0.4, 0.5) is 18.9 Å². The molecule has 1 aliphatic heterocycles. The van der Waals surface area contributed by atoms with Gasteiger partial charge in [-0.1, -0.05) is 68.4 Å². The topological polar surface area (TPSA) is 89.7 Å². The Morgan fingerprint density at radius 2 is 1.83 bits per heavy atom. The Morgan fingerprint density at radius 3 is 2.53 bits per heavy atom. The second kappa shape index (κ2) is 15.0. The van der Waals surface area contributed by atoms with Crippen molar-refractivity contribution in [2.45, 2.75) is 65.7 Å². The summed E-state index contributed by atoms with van der Waals surface area (Å²) >= 11 is 1.31. The summed E-state index contributed by atoms with van der Waals surface area (Å²) in [4.78, 5) is 35.9. The maximum Gasteiger partial charge on any atom is 0.573 e. The average Bonchev–Trinajstić information content (AvgIpc) is 3.65. The third-order valence-electron chi connectivity index (χ3n) is 7.70. The lowest BCUT2D eigenvalue weighted by Crippen LogP contribution is -2.31. The van der Waals surface area contributed by atoms with Crippen LogP contribution in [0.1, 0.15) is 56.2 Å². The third kappa shape index (κ3) is 9.09. The van der Waals surface area contributed by atoms with Crippen molar-refractivity contribution in [1.82, 2.24) is 14.8 Å². The average molecular weight is 664 g/mol. The summed E-state index contributed by atoms with van der Waals surface area (Å²) in [7, 11) is 0. The molecule has 1 atom stereocenters. The molecule has 1 fully saturated rings. The van der Waals surface area contributed by atoms with Gasteiger partial charge >= 0.3 is 6.36 Å². The highest BCUT2D eigenvalue weighted by molar-refractivity contribution is 8.15. The molecule has 1 saturated heterocycles. The van der Waals surface area contributed by atoms with Crippen LogP contribution in [0.3, 0.4) is 0 Å². The SMILES string of the molecule is CCCc1ccc(C)cc1N1C(=O)CSC1=NC(=O)CCCC(C)Cc1ccc(-c2ncn(-c3ccc(OC(F)(F)F)cc3)n2)cc1. The van der Waals surface area contributed by atoms with Crippen LogP contribution >= 0.6 is 11.8 Å². The molecule has 0 saturated carbocycles. The van der Waals surface area contributed by atoms with E-state index in [2.05, 4.69) is 39.7 Å². The number of carbonyl (C=O) groups is 2. The Labute approximate surface area is 276 Å². The zero-order valence-electron chi connectivity index (χ0n) is 26.5. The minimum absolute atomic E-state index is 0.0542. The van der Waals surface area contributed by atoms with Crippen LogP contribution in [0.2, 0.25) is 0 Å². The van der Waals surface area contributed by atoms with Crippen molar-refractivity contribution in [2.24, 2.45) is 10.9 Å². The fourth-order valence-electron chi connectivity index (χ4n) is 5.42. The van der Waals surface area contributed by atoms with Gasteiger partial charge in [0.25, 0.3) is 0 Å². The van der Waals surface area contributed by atoms with Crippen molar-refractivity contribution in [3.8, 4) is 22.8 Å². The van der Waals surface area contributed by atoms with E-state index in [9.17, 15) is 22.8 Å². The number of aliphatic imine (C=N–C) groups is 1. The highest BCUT2D eigenvalue weighted by atomic mass is 32.2. The largest absolute Gasteiger partial charge is 0.573 e. The van der Waals surface area contributed by atoms with Crippen LogP contribution in [0.5, 0.6) is 5.75 Å². The van der Waals surface area contributed by atoms with Crippen LogP contribution in [0.25, 0.3) is 17.1 Å². The molecular formula is C35H36F3N5O3S. The number of ether oxygens (including phenoxy) is 1. The number of thioether (sulfide) groups is 1. The van der Waals surface area contributed by atoms with E-state index in [1.54, 1.807) is 4.90 Å². The number of carbonyl (C=O) groups excluding carboxylic acids is 2. The van der Waals surface area contributed by atoms with E-state index in [4.69, 9.17) is 0 Å². The van der Waals surface area contributed by atoms with Crippen molar-refractivity contribution in [1.29, 1.82) is 0 Å². The molecule has 47 heavy (non-hydrogen) atoms. The van der Waals surface area contributed by atoms with Crippen LogP contribution < -0.4 is 9.64 Å². The quantitative estimate of drug-likeness (QED) is 0.152. The number of rotatable bonds is 12. The van der Waals surface area contributed by atoms with Gasteiger partial charge in [-0.25, -0.2) is 9.67 Å². The van der Waals surface area contributed by atoms with Gasteiger partial charge in [-0.05, 0) is 85.5 Å². The lowest BCUT2D eigenvalue weighted by molar-refractivity contribution is -0.274. The molecule has 0 aliphatic carbocycles. The van der Waals surface area contributed by atoms with Crippen molar-refractivity contribution in [2.75, 3.05) is 10.7 Å². The molecule has 0 spiro atoms. The number of amides is 2. The number of aromatic nitrogens is 3. The maximum atomic E-state index is 12.8. The number of anilines is 1. The van der Waals surface area contributed by atoms with Crippen molar-refractivity contribution >= 4 is 34.4 Å². The third-order valence-corrected chi connectivity index (χ3v) is 8.62. The van der Waals surface area contributed by atoms with Gasteiger partial charge in [-0.3, -0.25) is 14.5 Å². The second-order valence-corrected chi connectivity index (χ2v) is 12.6. The zero-order chi connectivity index (χ0) is 33.6. The molecule has 2 amide bonds. The van der Waals surface area contributed by atoms with Crippen LogP contribution in [0.15, 0.2) is 78.0 Å². The summed E-state index contributed by atoms with van der Waals surface area (Å²) in [6, 6.07) is 19.4. The molecule has 4 aromatic rings. The summed E-state index contributed by atoms with van der Waals surface area (Å²) in [5.74, 6) is 0.527. The predicted molar refractivity (Wildman–Crippen MR) is 178 cm³/mol. The standard InChI is InChI=1S/C35H36F3N5O3S/c1-4-6-26-12-9-24(3)20-30(26)43-32(45)21-47-34(43)40-31(44)8-5-7-23(2)19-25-10-13-27(14-11-25)33-39-22-42(41-33)28-15-17-29(18-16-28)46-35(36,37)38/h9-18,20,22-23H,4-8,19,21H2,1-3H3. The van der Waals surface area contributed by atoms with E-state index in [1.165, 1.54) is 47.0 Å². The predicted octanol–water partition coefficient (Wildman–Crippen LogP) is 8.11. The smallest absolute Gasteiger partial charge is 0.406 e. The van der Waals surface area contributed by atoms with Gasteiger partial charge in [-0.15, -0.1) is 18.3 Å². The van der Waals surface area contributed by atoms with Crippen molar-refractivity contribution in [3.63, 3.8) is 0 Å². The number of amidine groups is 1. The summed E-state index contributed by atoms with van der Waals surface area (Å²) in [5.41, 5.74) is 5.46. The Balaban J connectivity index is 1.12. The molecule has 8 nitrogen and oxygen atoms in total. The molecule has 3 aromatic carbocycles. The molecule has 0 bridgehead atoms. The second-order valence-electron chi connectivity index (χ2n) is 11.6. The maximum absolute atomic E-state index is 12.8. The van der Waals surface area contributed by atoms with Crippen LogP contribution in [-0.4, -0.2) is 43.9 Å². The minimum atomic E-state index is -4.75. The lowest BCUT2D eigenvalue weighted by atomic mass is 9.95. The summed E-state index contributed by atoms with van der Waals surface area (Å²) in [6.45, 7) is 6.24. The van der Waals surface area contributed by atoms with Crippen molar-refractivity contribution < 1.29 is 27.5 Å². The number of halogens is 3. The van der Waals surface area contributed by atoms with E-state index in [-0.39, 0.29) is 23.3 Å². The Morgan fingerprint density at radius 1 is 1.09 bits per heavy atom. The molecule has 0 N–H and O–H groups in total. The van der Waals surface area contributed by atoms with E-state index >= 15 is 0 Å². The van der Waals surface area contributed by atoms with E-state index in [0.717, 1.165) is 53.6 Å². The zero-order valence-corrected chi connectivity index (χ0v) is 27.3. The summed E-state index contributed by atoms with van der Waals surface area (Å²) < 4.78 is 42.7. The van der Waals surface area contributed by atoms with Crippen LogP contribution in [-0.2, 0) is 22.4 Å². The molecule has 5 rings (SSSR count). The van der Waals surface area contributed by atoms with Gasteiger partial charge in [-0.2, -0.15) is 4.99 Å². The van der Waals surface area contributed by atoms with Gasteiger partial charge in [0, 0.05) is 12.0 Å². The Hall–Kier alpha value is -4.45. The first-order valence-electron chi connectivity index (χ1n) is 15.5. The number of aryl methyl sites for hydroxylation is 2. The summed E-state index contributed by atoms with van der Waals surface area (Å²) in [6.07, 6.45) is 1.26. The van der Waals surface area contributed by atoms with Crippen molar-refractivity contribution in [3.05, 3.63) is 89.7 Å². The normalized spacial score (nSPS) is 15.0. The fourth-order valence-corrected chi connectivity index (χ4v) is 6.30. The molecule has 246 valence electrons. The number of nitrogens with zero attached hydrogens (tertiary/aromatic N) is 5. The summed E-state index contributed by atoms with van der Waals surface area (Å²) in [5, 5.41) is 4.92. The van der Waals surface area contributed by atoms with E-state index < -0.39 is 6.36 Å². The van der Waals surface area contributed by atoms with Gasteiger partial charge in [0.05, 0.1) is 17.1 Å². The molecule has 1 unspecified atom stereocenters. The number of alkyl halides is 3. The highest BCUT2D eigenvalue weighted by Crippen LogP contribution is 2.32. The first-order chi connectivity index (χ1) is 22.5. The molecule has 1 aromatic heterocycles. The first kappa shape index (κ1) is 33.9.